The van der Waals surface area contributed by atoms with Crippen molar-refractivity contribution < 1.29 is 9.53 Å². The highest BCUT2D eigenvalue weighted by Crippen LogP contribution is 2.27. The van der Waals surface area contributed by atoms with Crippen LogP contribution in [0.5, 0.6) is 0 Å². The molecule has 2 aliphatic heterocycles. The zero-order chi connectivity index (χ0) is 15.6. The van der Waals surface area contributed by atoms with Crippen molar-refractivity contribution in [1.82, 2.24) is 9.80 Å². The second-order valence-corrected chi connectivity index (χ2v) is 7.01. The molecule has 4 nitrogen and oxygen atoms in total. The van der Waals surface area contributed by atoms with E-state index in [0.717, 1.165) is 31.0 Å². The molecule has 23 heavy (non-hydrogen) atoms. The van der Waals surface area contributed by atoms with Gasteiger partial charge in [0.05, 0.1) is 13.2 Å². The van der Waals surface area contributed by atoms with Crippen LogP contribution in [0.15, 0.2) is 18.2 Å². The number of amides is 1. The van der Waals surface area contributed by atoms with Crippen molar-refractivity contribution in [3.05, 3.63) is 34.9 Å². The first-order chi connectivity index (χ1) is 11.3. The highest BCUT2D eigenvalue weighted by molar-refractivity contribution is 5.94. The second-order valence-electron chi connectivity index (χ2n) is 7.01. The third-order valence-corrected chi connectivity index (χ3v) is 5.68. The zero-order valence-electron chi connectivity index (χ0n) is 13.8. The molecule has 1 saturated carbocycles. The van der Waals surface area contributed by atoms with E-state index in [1.807, 2.05) is 11.0 Å². The molecule has 1 aromatic rings. The first-order valence-electron chi connectivity index (χ1n) is 9.04. The zero-order valence-corrected chi connectivity index (χ0v) is 13.8. The molecule has 1 saturated heterocycles. The standard InChI is InChI=1S/C19H26N2O2/c22-19(21-10-12-23-13-11-21)17-5-4-15-6-8-20(18-2-1-3-18)9-7-16(15)14-17/h4-5,14,18H,1-3,6-13H2. The Kier molecular flexibility index (Phi) is 4.36. The fourth-order valence-electron chi connectivity index (χ4n) is 3.94. The van der Waals surface area contributed by atoms with E-state index in [9.17, 15) is 4.79 Å². The molecule has 124 valence electrons. The number of ether oxygens (including phenoxy) is 1. The Balaban J connectivity index is 1.48. The number of carbonyl (C=O) groups excluding carboxylic acids is 1. The van der Waals surface area contributed by atoms with Gasteiger partial charge in [0.15, 0.2) is 0 Å². The number of hydrogen-bond acceptors (Lipinski definition) is 3. The maximum absolute atomic E-state index is 12.7. The summed E-state index contributed by atoms with van der Waals surface area (Å²) in [6, 6.07) is 7.18. The van der Waals surface area contributed by atoms with Gasteiger partial charge < -0.3 is 9.64 Å². The van der Waals surface area contributed by atoms with E-state index in [1.54, 1.807) is 0 Å². The van der Waals surface area contributed by atoms with Gasteiger partial charge in [-0.25, -0.2) is 0 Å². The molecule has 2 heterocycles. The van der Waals surface area contributed by atoms with E-state index >= 15 is 0 Å². The van der Waals surface area contributed by atoms with Crippen LogP contribution in [0.25, 0.3) is 0 Å². The van der Waals surface area contributed by atoms with Crippen molar-refractivity contribution in [3.63, 3.8) is 0 Å². The number of rotatable bonds is 2. The normalized spacial score (nSPS) is 23.0. The van der Waals surface area contributed by atoms with E-state index in [4.69, 9.17) is 4.74 Å². The number of nitrogens with zero attached hydrogens (tertiary/aromatic N) is 2. The van der Waals surface area contributed by atoms with Gasteiger partial charge in [0.25, 0.3) is 5.91 Å². The fourth-order valence-corrected chi connectivity index (χ4v) is 3.94. The van der Waals surface area contributed by atoms with Crippen LogP contribution in [-0.2, 0) is 17.6 Å². The lowest BCUT2D eigenvalue weighted by Gasteiger charge is -2.36. The van der Waals surface area contributed by atoms with Crippen molar-refractivity contribution in [3.8, 4) is 0 Å². The Morgan fingerprint density at radius 3 is 2.43 bits per heavy atom. The third-order valence-electron chi connectivity index (χ3n) is 5.68. The molecule has 3 aliphatic rings. The molecule has 1 aliphatic carbocycles. The second kappa shape index (κ2) is 6.62. The van der Waals surface area contributed by atoms with Crippen LogP contribution >= 0.6 is 0 Å². The van der Waals surface area contributed by atoms with E-state index in [0.29, 0.717) is 26.3 Å². The summed E-state index contributed by atoms with van der Waals surface area (Å²) in [7, 11) is 0. The molecular formula is C19H26N2O2. The predicted octanol–water partition coefficient (Wildman–Crippen LogP) is 2.11. The van der Waals surface area contributed by atoms with Crippen LogP contribution in [0.2, 0.25) is 0 Å². The first kappa shape index (κ1) is 15.2. The summed E-state index contributed by atoms with van der Waals surface area (Å²) in [5.74, 6) is 0.163. The minimum absolute atomic E-state index is 0.163. The lowest BCUT2D eigenvalue weighted by atomic mass is 9.91. The van der Waals surface area contributed by atoms with Gasteiger partial charge in [-0.3, -0.25) is 9.69 Å². The fraction of sp³-hybridized carbons (Fsp3) is 0.632. The number of benzene rings is 1. The van der Waals surface area contributed by atoms with Crippen molar-refractivity contribution >= 4 is 5.91 Å². The monoisotopic (exact) mass is 314 g/mol. The Morgan fingerprint density at radius 2 is 1.74 bits per heavy atom. The maximum Gasteiger partial charge on any atom is 0.254 e. The molecule has 0 N–H and O–H groups in total. The molecule has 0 spiro atoms. The molecular weight excluding hydrogens is 288 g/mol. The Hall–Kier alpha value is -1.39. The molecule has 2 fully saturated rings. The molecule has 0 unspecified atom stereocenters. The molecule has 1 amide bonds. The van der Waals surface area contributed by atoms with Gasteiger partial charge >= 0.3 is 0 Å². The van der Waals surface area contributed by atoms with Crippen LogP contribution < -0.4 is 0 Å². The van der Waals surface area contributed by atoms with Crippen LogP contribution in [0, 0.1) is 0 Å². The third kappa shape index (κ3) is 3.15. The highest BCUT2D eigenvalue weighted by Gasteiger charge is 2.27. The minimum atomic E-state index is 0.163. The van der Waals surface area contributed by atoms with Gasteiger partial charge in [0.1, 0.15) is 0 Å². The Labute approximate surface area is 138 Å². The largest absolute Gasteiger partial charge is 0.378 e. The minimum Gasteiger partial charge on any atom is -0.378 e. The lowest BCUT2D eigenvalue weighted by Crippen LogP contribution is -2.41. The number of fused-ring (bicyclic) bond motifs is 1. The van der Waals surface area contributed by atoms with Gasteiger partial charge in [-0.05, 0) is 48.9 Å². The summed E-state index contributed by atoms with van der Waals surface area (Å²) in [5.41, 5.74) is 3.67. The average molecular weight is 314 g/mol. The summed E-state index contributed by atoms with van der Waals surface area (Å²) in [6.45, 7) is 5.07. The van der Waals surface area contributed by atoms with Crippen molar-refractivity contribution in [1.29, 1.82) is 0 Å². The van der Waals surface area contributed by atoms with Crippen LogP contribution in [-0.4, -0.2) is 61.1 Å². The number of carbonyl (C=O) groups is 1. The summed E-state index contributed by atoms with van der Waals surface area (Å²) >= 11 is 0. The molecule has 0 aromatic heterocycles. The molecule has 4 heteroatoms. The highest BCUT2D eigenvalue weighted by atomic mass is 16.5. The first-order valence-corrected chi connectivity index (χ1v) is 9.04. The Bertz CT molecular complexity index is 577. The molecule has 0 bridgehead atoms. The van der Waals surface area contributed by atoms with Gasteiger partial charge in [-0.2, -0.15) is 0 Å². The van der Waals surface area contributed by atoms with E-state index in [1.165, 1.54) is 36.9 Å². The molecule has 1 aromatic carbocycles. The van der Waals surface area contributed by atoms with Crippen LogP contribution in [0.1, 0.15) is 40.7 Å². The summed E-state index contributed by atoms with van der Waals surface area (Å²) in [6.07, 6.45) is 6.34. The van der Waals surface area contributed by atoms with E-state index in [-0.39, 0.29) is 5.91 Å². The number of hydrogen-bond donors (Lipinski definition) is 0. The van der Waals surface area contributed by atoms with Crippen molar-refractivity contribution in [2.45, 2.75) is 38.1 Å². The van der Waals surface area contributed by atoms with Gasteiger partial charge in [0.2, 0.25) is 0 Å². The molecule has 0 atom stereocenters. The van der Waals surface area contributed by atoms with E-state index in [2.05, 4.69) is 17.0 Å². The topological polar surface area (TPSA) is 32.8 Å². The maximum atomic E-state index is 12.7. The van der Waals surface area contributed by atoms with Crippen molar-refractivity contribution in [2.75, 3.05) is 39.4 Å². The van der Waals surface area contributed by atoms with Crippen LogP contribution in [0.3, 0.4) is 0 Å². The summed E-state index contributed by atoms with van der Waals surface area (Å²) in [4.78, 5) is 17.2. The SMILES string of the molecule is O=C(c1ccc2c(c1)CCN(C1CCC1)CC2)N1CCOCC1. The summed E-state index contributed by atoms with van der Waals surface area (Å²) in [5, 5.41) is 0. The lowest BCUT2D eigenvalue weighted by molar-refractivity contribution is 0.0303. The predicted molar refractivity (Wildman–Crippen MR) is 89.8 cm³/mol. The summed E-state index contributed by atoms with van der Waals surface area (Å²) < 4.78 is 5.34. The van der Waals surface area contributed by atoms with Gasteiger partial charge in [-0.1, -0.05) is 12.5 Å². The van der Waals surface area contributed by atoms with Gasteiger partial charge in [0, 0.05) is 37.8 Å². The number of morpholine rings is 1. The van der Waals surface area contributed by atoms with E-state index < -0.39 is 0 Å². The van der Waals surface area contributed by atoms with Crippen molar-refractivity contribution in [2.24, 2.45) is 0 Å². The average Bonchev–Trinajstić information content (AvgIpc) is 2.76. The van der Waals surface area contributed by atoms with Gasteiger partial charge in [-0.15, -0.1) is 0 Å². The smallest absolute Gasteiger partial charge is 0.254 e. The quantitative estimate of drug-likeness (QED) is 0.838. The molecule has 0 radical (unpaired) electrons. The van der Waals surface area contributed by atoms with Crippen LogP contribution in [0.4, 0.5) is 0 Å². The molecule has 4 rings (SSSR count). The Morgan fingerprint density at radius 1 is 1.00 bits per heavy atom.